The van der Waals surface area contributed by atoms with E-state index >= 15 is 0 Å². The van der Waals surface area contributed by atoms with Crippen molar-refractivity contribution in [3.05, 3.63) is 0 Å². The second-order valence-corrected chi connectivity index (χ2v) is 3.88. The predicted octanol–water partition coefficient (Wildman–Crippen LogP) is 1.08. The molecule has 0 fully saturated rings. The molecule has 0 bridgehead atoms. The molecule has 4 heteroatoms. The van der Waals surface area contributed by atoms with Gasteiger partial charge in [-0.25, -0.2) is 0 Å². The zero-order valence-corrected chi connectivity index (χ0v) is 10.0. The van der Waals surface area contributed by atoms with Gasteiger partial charge in [-0.1, -0.05) is 6.92 Å². The van der Waals surface area contributed by atoms with Crippen LogP contribution in [0.3, 0.4) is 0 Å². The average Bonchev–Trinajstić information content (AvgIpc) is 2.18. The van der Waals surface area contributed by atoms with E-state index in [-0.39, 0.29) is 18.1 Å². The summed E-state index contributed by atoms with van der Waals surface area (Å²) in [4.78, 5) is 11.5. The smallest absolute Gasteiger partial charge is 0.222 e. The Morgan fingerprint density at radius 2 is 2.13 bits per heavy atom. The minimum atomic E-state index is -0.294. The molecule has 90 valence electrons. The van der Waals surface area contributed by atoms with Crippen LogP contribution in [0, 0.1) is 0 Å². The summed E-state index contributed by atoms with van der Waals surface area (Å²) in [6, 6.07) is 0. The summed E-state index contributed by atoms with van der Waals surface area (Å²) < 4.78 is 5.10. The standard InChI is InChI=1S/C11H23NO3/c1-4-11(3,7-8-13)12-10(14)6-9-15-5-2/h13H,4-9H2,1-3H3,(H,12,14). The quantitative estimate of drug-likeness (QED) is 0.598. The molecular weight excluding hydrogens is 194 g/mol. The minimum absolute atomic E-state index is 0.0127. The first-order valence-electron chi connectivity index (χ1n) is 5.57. The van der Waals surface area contributed by atoms with Crippen molar-refractivity contribution in [1.82, 2.24) is 5.32 Å². The van der Waals surface area contributed by atoms with Crippen LogP contribution in [-0.2, 0) is 9.53 Å². The van der Waals surface area contributed by atoms with Crippen molar-refractivity contribution in [2.24, 2.45) is 0 Å². The Balaban J connectivity index is 3.90. The second-order valence-electron chi connectivity index (χ2n) is 3.88. The lowest BCUT2D eigenvalue weighted by molar-refractivity contribution is -0.124. The van der Waals surface area contributed by atoms with E-state index < -0.39 is 0 Å². The summed E-state index contributed by atoms with van der Waals surface area (Å²) in [6.45, 7) is 7.03. The van der Waals surface area contributed by atoms with Crippen LogP contribution in [0.15, 0.2) is 0 Å². The number of hydrogen-bond donors (Lipinski definition) is 2. The molecule has 15 heavy (non-hydrogen) atoms. The first kappa shape index (κ1) is 14.4. The fourth-order valence-electron chi connectivity index (χ4n) is 1.28. The predicted molar refractivity (Wildman–Crippen MR) is 59.7 cm³/mol. The summed E-state index contributed by atoms with van der Waals surface area (Å²) in [7, 11) is 0. The van der Waals surface area contributed by atoms with E-state index in [9.17, 15) is 4.79 Å². The molecule has 0 aliphatic rings. The molecule has 0 aromatic heterocycles. The monoisotopic (exact) mass is 217 g/mol. The van der Waals surface area contributed by atoms with Crippen molar-refractivity contribution in [3.63, 3.8) is 0 Å². The summed E-state index contributed by atoms with van der Waals surface area (Å²) >= 11 is 0. The van der Waals surface area contributed by atoms with Gasteiger partial charge in [-0.2, -0.15) is 0 Å². The Morgan fingerprint density at radius 1 is 1.47 bits per heavy atom. The highest BCUT2D eigenvalue weighted by molar-refractivity contribution is 5.76. The van der Waals surface area contributed by atoms with Crippen LogP contribution in [0.2, 0.25) is 0 Å². The van der Waals surface area contributed by atoms with Crippen molar-refractivity contribution in [1.29, 1.82) is 0 Å². The number of aliphatic hydroxyl groups is 1. The first-order valence-corrected chi connectivity index (χ1v) is 5.57. The molecule has 0 saturated carbocycles. The Bertz CT molecular complexity index is 185. The number of rotatable bonds is 8. The Morgan fingerprint density at radius 3 is 2.60 bits per heavy atom. The van der Waals surface area contributed by atoms with E-state index in [2.05, 4.69) is 5.32 Å². The van der Waals surface area contributed by atoms with Crippen molar-refractivity contribution in [2.75, 3.05) is 19.8 Å². The van der Waals surface area contributed by atoms with Gasteiger partial charge in [0.05, 0.1) is 6.61 Å². The van der Waals surface area contributed by atoms with Gasteiger partial charge in [-0.05, 0) is 26.7 Å². The Labute approximate surface area is 92.0 Å². The number of amides is 1. The van der Waals surface area contributed by atoms with E-state index in [1.54, 1.807) is 0 Å². The summed E-state index contributed by atoms with van der Waals surface area (Å²) in [6.07, 6.45) is 1.78. The van der Waals surface area contributed by atoms with Gasteiger partial charge in [0, 0.05) is 25.2 Å². The van der Waals surface area contributed by atoms with Gasteiger partial charge >= 0.3 is 0 Å². The highest BCUT2D eigenvalue weighted by Gasteiger charge is 2.23. The molecule has 0 aliphatic carbocycles. The lowest BCUT2D eigenvalue weighted by atomic mass is 9.95. The molecule has 0 aliphatic heterocycles. The summed E-state index contributed by atoms with van der Waals surface area (Å²) in [5, 5.41) is 11.8. The number of carbonyl (C=O) groups is 1. The van der Waals surface area contributed by atoms with Crippen molar-refractivity contribution < 1.29 is 14.6 Å². The van der Waals surface area contributed by atoms with Crippen LogP contribution in [0.5, 0.6) is 0 Å². The van der Waals surface area contributed by atoms with Crippen LogP contribution >= 0.6 is 0 Å². The molecule has 1 atom stereocenters. The van der Waals surface area contributed by atoms with Crippen LogP contribution in [0.4, 0.5) is 0 Å². The molecule has 0 rings (SSSR count). The maximum atomic E-state index is 11.5. The molecule has 0 aromatic carbocycles. The highest BCUT2D eigenvalue weighted by atomic mass is 16.5. The van der Waals surface area contributed by atoms with E-state index in [4.69, 9.17) is 9.84 Å². The number of ether oxygens (including phenoxy) is 1. The van der Waals surface area contributed by atoms with Crippen LogP contribution in [-0.4, -0.2) is 36.4 Å². The van der Waals surface area contributed by atoms with Gasteiger partial charge in [0.1, 0.15) is 0 Å². The van der Waals surface area contributed by atoms with Crippen molar-refractivity contribution >= 4 is 5.91 Å². The zero-order valence-electron chi connectivity index (χ0n) is 10.0. The fourth-order valence-corrected chi connectivity index (χ4v) is 1.28. The van der Waals surface area contributed by atoms with Crippen molar-refractivity contribution in [2.45, 2.75) is 45.6 Å². The zero-order chi connectivity index (χ0) is 11.7. The van der Waals surface area contributed by atoms with Crippen LogP contribution in [0.1, 0.15) is 40.0 Å². The largest absolute Gasteiger partial charge is 0.396 e. The number of nitrogens with one attached hydrogen (secondary N) is 1. The summed E-state index contributed by atoms with van der Waals surface area (Å²) in [5.41, 5.74) is -0.294. The Hall–Kier alpha value is -0.610. The number of aliphatic hydroxyl groups excluding tert-OH is 1. The maximum absolute atomic E-state index is 11.5. The number of carbonyl (C=O) groups excluding carboxylic acids is 1. The van der Waals surface area contributed by atoms with E-state index in [0.717, 1.165) is 6.42 Å². The van der Waals surface area contributed by atoms with Gasteiger partial charge < -0.3 is 15.2 Å². The lowest BCUT2D eigenvalue weighted by Gasteiger charge is -2.29. The van der Waals surface area contributed by atoms with Gasteiger partial charge in [-0.3, -0.25) is 4.79 Å². The normalized spacial score (nSPS) is 14.7. The average molecular weight is 217 g/mol. The third kappa shape index (κ3) is 6.47. The van der Waals surface area contributed by atoms with Gasteiger partial charge in [0.25, 0.3) is 0 Å². The van der Waals surface area contributed by atoms with Crippen LogP contribution < -0.4 is 5.32 Å². The molecule has 0 aromatic rings. The van der Waals surface area contributed by atoms with E-state index in [1.807, 2.05) is 20.8 Å². The molecule has 0 saturated heterocycles. The molecule has 1 amide bonds. The molecule has 2 N–H and O–H groups in total. The molecule has 0 heterocycles. The van der Waals surface area contributed by atoms with Gasteiger partial charge in [0.2, 0.25) is 5.91 Å². The molecule has 0 spiro atoms. The first-order chi connectivity index (χ1) is 7.08. The van der Waals surface area contributed by atoms with E-state index in [1.165, 1.54) is 0 Å². The van der Waals surface area contributed by atoms with Crippen molar-refractivity contribution in [3.8, 4) is 0 Å². The highest BCUT2D eigenvalue weighted by Crippen LogP contribution is 2.13. The minimum Gasteiger partial charge on any atom is -0.396 e. The SMILES string of the molecule is CCOCCC(=O)NC(C)(CC)CCO. The lowest BCUT2D eigenvalue weighted by Crippen LogP contribution is -2.46. The van der Waals surface area contributed by atoms with E-state index in [0.29, 0.717) is 26.1 Å². The topological polar surface area (TPSA) is 58.6 Å². The fraction of sp³-hybridized carbons (Fsp3) is 0.909. The van der Waals surface area contributed by atoms with Gasteiger partial charge in [-0.15, -0.1) is 0 Å². The molecular formula is C11H23NO3. The third-order valence-corrected chi connectivity index (χ3v) is 2.56. The third-order valence-electron chi connectivity index (χ3n) is 2.56. The number of hydrogen-bond acceptors (Lipinski definition) is 3. The van der Waals surface area contributed by atoms with Gasteiger partial charge in [0.15, 0.2) is 0 Å². The molecule has 1 unspecified atom stereocenters. The molecule has 4 nitrogen and oxygen atoms in total. The Kier molecular flexibility index (Phi) is 7.34. The van der Waals surface area contributed by atoms with Crippen LogP contribution in [0.25, 0.3) is 0 Å². The molecule has 0 radical (unpaired) electrons. The summed E-state index contributed by atoms with van der Waals surface area (Å²) in [5.74, 6) is -0.0127. The maximum Gasteiger partial charge on any atom is 0.222 e. The second kappa shape index (κ2) is 7.65.